The van der Waals surface area contributed by atoms with Crippen molar-refractivity contribution in [2.45, 2.75) is 12.3 Å². The van der Waals surface area contributed by atoms with Gasteiger partial charge in [-0.2, -0.15) is 0 Å². The Labute approximate surface area is 222 Å². The Morgan fingerprint density at radius 2 is 1.92 bits per heavy atom. The maximum Gasteiger partial charge on any atom is 0.412 e. The number of carbonyl (C=O) groups excluding carboxylic acids is 2. The van der Waals surface area contributed by atoms with Crippen molar-refractivity contribution in [3.8, 4) is 0 Å². The average molecular weight is 548 g/mol. The fraction of sp³-hybridized carbons (Fsp3) is 0.417. The van der Waals surface area contributed by atoms with E-state index in [2.05, 4.69) is 21.4 Å². The van der Waals surface area contributed by atoms with Crippen LogP contribution in [-0.4, -0.2) is 95.4 Å². The summed E-state index contributed by atoms with van der Waals surface area (Å²) in [6, 6.07) is 7.08. The number of thioether (sulfide) groups is 2. The van der Waals surface area contributed by atoms with Gasteiger partial charge in [0.25, 0.3) is 5.91 Å². The highest BCUT2D eigenvalue weighted by molar-refractivity contribution is 8.08. The van der Waals surface area contributed by atoms with E-state index in [4.69, 9.17) is 21.1 Å². The molecule has 0 bridgehead atoms. The van der Waals surface area contributed by atoms with Gasteiger partial charge in [0.15, 0.2) is 5.65 Å². The second-order valence-electron chi connectivity index (χ2n) is 8.51. The standard InChI is InChI=1S/C24H26ClN5O4S2/c1-3-8-28-9-11-29(12-10-28)24(32)34-23-20-19(35-13-16(33-2)14-36-20)22(31)30(23)18-7-5-15-4-6-17(25)26-21(15)27-18/h3-7,16,23H,1,8-14H2,2H3. The van der Waals surface area contributed by atoms with Crippen LogP contribution < -0.4 is 4.90 Å². The number of methoxy groups -OCH3 is 1. The van der Waals surface area contributed by atoms with E-state index in [1.807, 2.05) is 18.2 Å². The predicted octanol–water partition coefficient (Wildman–Crippen LogP) is 3.60. The zero-order chi connectivity index (χ0) is 25.2. The highest BCUT2D eigenvalue weighted by atomic mass is 35.5. The Balaban J connectivity index is 1.44. The molecule has 2 amide bonds. The molecule has 0 saturated carbocycles. The van der Waals surface area contributed by atoms with Gasteiger partial charge < -0.3 is 14.4 Å². The van der Waals surface area contributed by atoms with Crippen LogP contribution in [0.1, 0.15) is 0 Å². The van der Waals surface area contributed by atoms with Crippen LogP contribution in [0.25, 0.3) is 11.0 Å². The number of amides is 2. The summed E-state index contributed by atoms with van der Waals surface area (Å²) < 4.78 is 11.6. The molecular formula is C24H26ClN5O4S2. The van der Waals surface area contributed by atoms with Gasteiger partial charge in [0, 0.05) is 56.7 Å². The summed E-state index contributed by atoms with van der Waals surface area (Å²) in [5, 5.41) is 1.10. The summed E-state index contributed by atoms with van der Waals surface area (Å²) in [4.78, 5) is 42.4. The van der Waals surface area contributed by atoms with E-state index >= 15 is 0 Å². The molecule has 0 aliphatic carbocycles. The van der Waals surface area contributed by atoms with Crippen molar-refractivity contribution in [2.24, 2.45) is 0 Å². The Morgan fingerprint density at radius 3 is 2.67 bits per heavy atom. The van der Waals surface area contributed by atoms with Gasteiger partial charge in [-0.05, 0) is 24.3 Å². The molecule has 5 heterocycles. The van der Waals surface area contributed by atoms with Crippen LogP contribution in [0, 0.1) is 0 Å². The first kappa shape index (κ1) is 25.3. The summed E-state index contributed by atoms with van der Waals surface area (Å²) in [6.07, 6.45) is 0.483. The molecule has 1 fully saturated rings. The molecule has 2 aromatic rings. The molecule has 0 aromatic carbocycles. The summed E-state index contributed by atoms with van der Waals surface area (Å²) in [7, 11) is 1.66. The SMILES string of the molecule is C=CCN1CCN(C(=O)OC2C3=C(SCC(OC)CS3)C(=O)N2c2ccc3ccc(Cl)nc3n2)CC1. The zero-order valence-corrected chi connectivity index (χ0v) is 22.2. The number of fused-ring (bicyclic) bond motifs is 1. The fourth-order valence-electron chi connectivity index (χ4n) is 4.26. The number of carbonyl (C=O) groups is 2. The number of hydrogen-bond acceptors (Lipinski definition) is 9. The maximum absolute atomic E-state index is 13.7. The van der Waals surface area contributed by atoms with Gasteiger partial charge in [0.05, 0.1) is 15.9 Å². The van der Waals surface area contributed by atoms with Crippen LogP contribution in [0.15, 0.2) is 46.7 Å². The third kappa shape index (κ3) is 5.08. The summed E-state index contributed by atoms with van der Waals surface area (Å²) >= 11 is 9.00. The van der Waals surface area contributed by atoms with Crippen LogP contribution in [0.4, 0.5) is 10.6 Å². The third-order valence-electron chi connectivity index (χ3n) is 6.25. The number of rotatable bonds is 5. The van der Waals surface area contributed by atoms with Crippen molar-refractivity contribution < 1.29 is 19.1 Å². The number of nitrogens with zero attached hydrogens (tertiary/aromatic N) is 5. The number of hydrogen-bond donors (Lipinski definition) is 0. The van der Waals surface area contributed by atoms with E-state index in [0.29, 0.717) is 51.0 Å². The van der Waals surface area contributed by atoms with E-state index in [1.54, 1.807) is 24.1 Å². The Kier molecular flexibility index (Phi) is 7.73. The van der Waals surface area contributed by atoms with Crippen molar-refractivity contribution in [1.29, 1.82) is 0 Å². The van der Waals surface area contributed by atoms with Gasteiger partial charge in [0.2, 0.25) is 6.23 Å². The number of aromatic nitrogens is 2. The maximum atomic E-state index is 13.7. The molecule has 9 nitrogen and oxygen atoms in total. The highest BCUT2D eigenvalue weighted by Crippen LogP contribution is 2.45. The Morgan fingerprint density at radius 1 is 1.17 bits per heavy atom. The second-order valence-corrected chi connectivity index (χ2v) is 11.0. The number of ether oxygens (including phenoxy) is 2. The minimum atomic E-state index is -0.913. The van der Waals surface area contributed by atoms with Crippen molar-refractivity contribution in [2.75, 3.05) is 56.2 Å². The van der Waals surface area contributed by atoms with E-state index in [9.17, 15) is 9.59 Å². The minimum absolute atomic E-state index is 0.00808. The molecule has 2 atom stereocenters. The molecule has 0 radical (unpaired) electrons. The lowest BCUT2D eigenvalue weighted by molar-refractivity contribution is -0.115. The summed E-state index contributed by atoms with van der Waals surface area (Å²) in [5.74, 6) is 1.39. The van der Waals surface area contributed by atoms with Gasteiger partial charge in [0.1, 0.15) is 11.0 Å². The van der Waals surface area contributed by atoms with Crippen LogP contribution in [0.2, 0.25) is 5.15 Å². The van der Waals surface area contributed by atoms with E-state index in [-0.39, 0.29) is 12.0 Å². The summed E-state index contributed by atoms with van der Waals surface area (Å²) in [6.45, 7) is 7.13. The van der Waals surface area contributed by atoms with Crippen molar-refractivity contribution in [3.63, 3.8) is 0 Å². The minimum Gasteiger partial charge on any atom is -0.420 e. The molecule has 1 saturated heterocycles. The predicted molar refractivity (Wildman–Crippen MR) is 143 cm³/mol. The monoisotopic (exact) mass is 547 g/mol. The quantitative estimate of drug-likeness (QED) is 0.411. The first-order chi connectivity index (χ1) is 17.5. The summed E-state index contributed by atoms with van der Waals surface area (Å²) in [5.41, 5.74) is 0.415. The normalized spacial score (nSPS) is 23.1. The molecule has 12 heteroatoms. The van der Waals surface area contributed by atoms with E-state index in [0.717, 1.165) is 25.0 Å². The average Bonchev–Trinajstić information content (AvgIpc) is 3.01. The molecule has 0 spiro atoms. The number of pyridine rings is 2. The Bertz CT molecular complexity index is 1220. The molecule has 2 aromatic heterocycles. The molecule has 2 unspecified atom stereocenters. The lowest BCUT2D eigenvalue weighted by Crippen LogP contribution is -2.50. The smallest absolute Gasteiger partial charge is 0.412 e. The molecule has 5 rings (SSSR count). The van der Waals surface area contributed by atoms with Crippen molar-refractivity contribution >= 4 is 64.0 Å². The lowest BCUT2D eigenvalue weighted by Gasteiger charge is -2.35. The first-order valence-corrected chi connectivity index (χ1v) is 13.9. The third-order valence-corrected chi connectivity index (χ3v) is 9.06. The molecule has 0 N–H and O–H groups in total. The van der Waals surface area contributed by atoms with Gasteiger partial charge >= 0.3 is 6.09 Å². The van der Waals surface area contributed by atoms with Crippen LogP contribution in [0.3, 0.4) is 0 Å². The highest BCUT2D eigenvalue weighted by Gasteiger charge is 2.46. The molecule has 36 heavy (non-hydrogen) atoms. The van der Waals surface area contributed by atoms with Crippen molar-refractivity contribution in [3.05, 3.63) is 51.9 Å². The largest absolute Gasteiger partial charge is 0.420 e. The van der Waals surface area contributed by atoms with Gasteiger partial charge in [-0.3, -0.25) is 9.69 Å². The van der Waals surface area contributed by atoms with Crippen LogP contribution in [-0.2, 0) is 14.3 Å². The second kappa shape index (κ2) is 11.0. The van der Waals surface area contributed by atoms with E-state index in [1.165, 1.54) is 28.4 Å². The Hall–Kier alpha value is -2.31. The number of piperazine rings is 1. The first-order valence-electron chi connectivity index (χ1n) is 11.6. The topological polar surface area (TPSA) is 88.1 Å². The van der Waals surface area contributed by atoms with E-state index < -0.39 is 12.3 Å². The fourth-order valence-corrected chi connectivity index (χ4v) is 7.11. The molecule has 190 valence electrons. The lowest BCUT2D eigenvalue weighted by atomic mass is 10.3. The van der Waals surface area contributed by atoms with Gasteiger partial charge in [-0.15, -0.1) is 30.1 Å². The van der Waals surface area contributed by atoms with Crippen LogP contribution in [0.5, 0.6) is 0 Å². The van der Waals surface area contributed by atoms with Gasteiger partial charge in [-0.1, -0.05) is 17.7 Å². The van der Waals surface area contributed by atoms with Crippen LogP contribution >= 0.6 is 35.1 Å². The molecular weight excluding hydrogens is 522 g/mol. The zero-order valence-electron chi connectivity index (χ0n) is 19.8. The molecule has 3 aliphatic rings. The number of anilines is 1. The van der Waals surface area contributed by atoms with Gasteiger partial charge in [-0.25, -0.2) is 19.7 Å². The van der Waals surface area contributed by atoms with Crippen molar-refractivity contribution in [1.82, 2.24) is 19.8 Å². The number of halogens is 1. The molecule has 3 aliphatic heterocycles.